The second kappa shape index (κ2) is 7.16. The number of anilines is 1. The van der Waals surface area contributed by atoms with E-state index in [4.69, 9.17) is 0 Å². The topological polar surface area (TPSA) is 92.3 Å². The zero-order valence-electron chi connectivity index (χ0n) is 13.3. The maximum atomic E-state index is 12.9. The summed E-state index contributed by atoms with van der Waals surface area (Å²) in [7, 11) is -4.39. The highest BCUT2D eigenvalue weighted by Gasteiger charge is 2.35. The molecule has 6 nitrogen and oxygen atoms in total. The van der Waals surface area contributed by atoms with Crippen LogP contribution in [0, 0.1) is 0 Å². The third-order valence-corrected chi connectivity index (χ3v) is 4.54. The molecule has 2 amide bonds. The fourth-order valence-corrected chi connectivity index (χ4v) is 3.05. The SMILES string of the molecule is CC(=O)Nc1ccc(S(=O)(=O)NC(=O)c2ccccc2C(F)(F)F)cc1. The molecule has 2 aromatic rings. The normalized spacial score (nSPS) is 11.7. The van der Waals surface area contributed by atoms with Gasteiger partial charge in [0.25, 0.3) is 15.9 Å². The van der Waals surface area contributed by atoms with Crippen LogP contribution in [0.4, 0.5) is 18.9 Å². The van der Waals surface area contributed by atoms with E-state index in [1.807, 2.05) is 0 Å². The molecule has 0 saturated heterocycles. The summed E-state index contributed by atoms with van der Waals surface area (Å²) in [5.74, 6) is -1.76. The van der Waals surface area contributed by atoms with Crippen LogP contribution in [0.1, 0.15) is 22.8 Å². The molecule has 0 spiro atoms. The van der Waals surface area contributed by atoms with Gasteiger partial charge in [-0.2, -0.15) is 13.2 Å². The number of nitrogens with one attached hydrogen (secondary N) is 2. The molecule has 0 aliphatic carbocycles. The van der Waals surface area contributed by atoms with Crippen LogP contribution in [0.25, 0.3) is 0 Å². The monoisotopic (exact) mass is 386 g/mol. The Hall–Kier alpha value is -2.88. The number of hydrogen-bond acceptors (Lipinski definition) is 4. The van der Waals surface area contributed by atoms with Crippen molar-refractivity contribution in [2.24, 2.45) is 0 Å². The Bertz CT molecular complexity index is 939. The molecule has 0 aromatic heterocycles. The maximum absolute atomic E-state index is 12.9. The molecule has 0 fully saturated rings. The molecule has 0 saturated carbocycles. The van der Waals surface area contributed by atoms with Gasteiger partial charge in [-0.05, 0) is 36.4 Å². The lowest BCUT2D eigenvalue weighted by Gasteiger charge is -2.13. The Morgan fingerprint density at radius 2 is 1.54 bits per heavy atom. The zero-order valence-corrected chi connectivity index (χ0v) is 14.1. The molecule has 0 unspecified atom stereocenters. The van der Waals surface area contributed by atoms with Crippen molar-refractivity contribution < 1.29 is 31.2 Å². The van der Waals surface area contributed by atoms with Crippen LogP contribution in [0.3, 0.4) is 0 Å². The summed E-state index contributed by atoms with van der Waals surface area (Å²) in [4.78, 5) is 22.7. The van der Waals surface area contributed by atoms with E-state index in [0.29, 0.717) is 11.8 Å². The van der Waals surface area contributed by atoms with Crippen molar-refractivity contribution in [3.63, 3.8) is 0 Å². The van der Waals surface area contributed by atoms with Gasteiger partial charge in [0, 0.05) is 12.6 Å². The molecular weight excluding hydrogens is 373 g/mol. The van der Waals surface area contributed by atoms with Gasteiger partial charge in [0.15, 0.2) is 0 Å². The van der Waals surface area contributed by atoms with Gasteiger partial charge in [0.2, 0.25) is 5.91 Å². The highest BCUT2D eigenvalue weighted by Crippen LogP contribution is 2.31. The van der Waals surface area contributed by atoms with E-state index in [1.165, 1.54) is 25.1 Å². The Kier molecular flexibility index (Phi) is 5.36. The molecular formula is C16H13F3N2O4S. The second-order valence-corrected chi connectivity index (χ2v) is 6.87. The predicted octanol–water partition coefficient (Wildman–Crippen LogP) is 2.78. The first kappa shape index (κ1) is 19.4. The minimum atomic E-state index is -4.81. The van der Waals surface area contributed by atoms with E-state index in [9.17, 15) is 31.2 Å². The summed E-state index contributed by atoms with van der Waals surface area (Å²) < 4.78 is 64.9. The van der Waals surface area contributed by atoms with Crippen LogP contribution in [0.5, 0.6) is 0 Å². The number of halogens is 3. The summed E-state index contributed by atoms with van der Waals surface area (Å²) in [5, 5.41) is 2.43. The summed E-state index contributed by atoms with van der Waals surface area (Å²) in [6, 6.07) is 8.63. The van der Waals surface area contributed by atoms with Gasteiger partial charge < -0.3 is 5.32 Å². The van der Waals surface area contributed by atoms with Crippen LogP contribution in [0.2, 0.25) is 0 Å². The molecule has 26 heavy (non-hydrogen) atoms. The average Bonchev–Trinajstić information content (AvgIpc) is 2.53. The fourth-order valence-electron chi connectivity index (χ4n) is 2.08. The number of alkyl halides is 3. The van der Waals surface area contributed by atoms with Crippen LogP contribution < -0.4 is 10.0 Å². The molecule has 2 rings (SSSR count). The summed E-state index contributed by atoms with van der Waals surface area (Å²) in [6.45, 7) is 1.27. The van der Waals surface area contributed by atoms with Gasteiger partial charge in [-0.25, -0.2) is 13.1 Å². The largest absolute Gasteiger partial charge is 0.417 e. The lowest BCUT2D eigenvalue weighted by molar-refractivity contribution is -0.137. The summed E-state index contributed by atoms with van der Waals surface area (Å²) in [5.41, 5.74) is -1.72. The Balaban J connectivity index is 2.27. The minimum Gasteiger partial charge on any atom is -0.326 e. The quantitative estimate of drug-likeness (QED) is 0.845. The van der Waals surface area contributed by atoms with Crippen molar-refractivity contribution in [3.05, 3.63) is 59.7 Å². The smallest absolute Gasteiger partial charge is 0.326 e. The van der Waals surface area contributed by atoms with Gasteiger partial charge in [-0.15, -0.1) is 0 Å². The lowest BCUT2D eigenvalue weighted by Crippen LogP contribution is -2.32. The Morgan fingerprint density at radius 1 is 0.962 bits per heavy atom. The fraction of sp³-hybridized carbons (Fsp3) is 0.125. The zero-order chi connectivity index (χ0) is 19.5. The van der Waals surface area contributed by atoms with E-state index in [1.54, 1.807) is 4.72 Å². The van der Waals surface area contributed by atoms with Gasteiger partial charge in [0.05, 0.1) is 16.0 Å². The summed E-state index contributed by atoms with van der Waals surface area (Å²) in [6.07, 6.45) is -4.81. The van der Waals surface area contributed by atoms with E-state index in [2.05, 4.69) is 5.32 Å². The van der Waals surface area contributed by atoms with Gasteiger partial charge >= 0.3 is 6.18 Å². The van der Waals surface area contributed by atoms with Crippen LogP contribution in [-0.2, 0) is 21.0 Å². The molecule has 0 bridgehead atoms. The minimum absolute atomic E-state index is 0.324. The van der Waals surface area contributed by atoms with Crippen molar-refractivity contribution in [1.29, 1.82) is 0 Å². The average molecular weight is 386 g/mol. The summed E-state index contributed by atoms with van der Waals surface area (Å²) >= 11 is 0. The van der Waals surface area contributed by atoms with E-state index >= 15 is 0 Å². The number of rotatable bonds is 4. The van der Waals surface area contributed by atoms with E-state index < -0.39 is 33.2 Å². The molecule has 0 radical (unpaired) electrons. The number of carbonyl (C=O) groups is 2. The Labute approximate surface area is 147 Å². The lowest BCUT2D eigenvalue weighted by atomic mass is 10.1. The highest BCUT2D eigenvalue weighted by atomic mass is 32.2. The second-order valence-electron chi connectivity index (χ2n) is 5.18. The van der Waals surface area contributed by atoms with Crippen molar-refractivity contribution in [2.45, 2.75) is 18.0 Å². The van der Waals surface area contributed by atoms with Crippen LogP contribution in [-0.4, -0.2) is 20.2 Å². The molecule has 2 aromatic carbocycles. The van der Waals surface area contributed by atoms with Gasteiger partial charge in [0.1, 0.15) is 0 Å². The number of hydrogen-bond donors (Lipinski definition) is 2. The molecule has 0 heterocycles. The predicted molar refractivity (Wildman–Crippen MR) is 86.8 cm³/mol. The molecule has 0 aliphatic heterocycles. The van der Waals surface area contributed by atoms with Gasteiger partial charge in [-0.3, -0.25) is 9.59 Å². The van der Waals surface area contributed by atoms with Crippen LogP contribution >= 0.6 is 0 Å². The first-order chi connectivity index (χ1) is 12.0. The first-order valence-corrected chi connectivity index (χ1v) is 8.60. The molecule has 138 valence electrons. The van der Waals surface area contributed by atoms with Crippen molar-refractivity contribution >= 4 is 27.5 Å². The number of amides is 2. The number of sulfonamides is 1. The first-order valence-electron chi connectivity index (χ1n) is 7.12. The molecule has 0 atom stereocenters. The van der Waals surface area contributed by atoms with E-state index in [-0.39, 0.29) is 10.8 Å². The molecule has 2 N–H and O–H groups in total. The maximum Gasteiger partial charge on any atom is 0.417 e. The molecule has 10 heteroatoms. The third-order valence-electron chi connectivity index (χ3n) is 3.19. The standard InChI is InChI=1S/C16H13F3N2O4S/c1-10(22)20-11-6-8-12(9-7-11)26(24,25)21-15(23)13-4-2-3-5-14(13)16(17,18)19/h2-9H,1H3,(H,20,22)(H,21,23). The van der Waals surface area contributed by atoms with Crippen LogP contribution in [0.15, 0.2) is 53.4 Å². The third kappa shape index (κ3) is 4.60. The van der Waals surface area contributed by atoms with Crippen molar-refractivity contribution in [2.75, 3.05) is 5.32 Å². The van der Waals surface area contributed by atoms with Crippen molar-refractivity contribution in [3.8, 4) is 0 Å². The van der Waals surface area contributed by atoms with Crippen molar-refractivity contribution in [1.82, 2.24) is 4.72 Å². The highest BCUT2D eigenvalue weighted by molar-refractivity contribution is 7.90. The number of carbonyl (C=O) groups excluding carboxylic acids is 2. The number of benzene rings is 2. The van der Waals surface area contributed by atoms with E-state index in [0.717, 1.165) is 24.3 Å². The molecule has 0 aliphatic rings. The van der Waals surface area contributed by atoms with Gasteiger partial charge in [-0.1, -0.05) is 12.1 Å². The Morgan fingerprint density at radius 3 is 2.08 bits per heavy atom.